The first-order chi connectivity index (χ1) is 16.0. The Balaban J connectivity index is 1.47. The largest absolute Gasteiger partial charge is 0.497 e. The zero-order valence-corrected chi connectivity index (χ0v) is 18.5. The third-order valence-corrected chi connectivity index (χ3v) is 5.06. The second-order valence-electron chi connectivity index (χ2n) is 7.03. The molecular weight excluding hydrogens is 444 g/mol. The van der Waals surface area contributed by atoms with Crippen LogP contribution in [0.4, 0.5) is 5.69 Å². The fourth-order valence-corrected chi connectivity index (χ4v) is 3.42. The van der Waals surface area contributed by atoms with E-state index in [4.69, 9.17) is 25.8 Å². The standard InChI is InChI=1S/C25H21ClN2O5/c1-31-20-8-5-9-21(16-20)32-12-13-33-23-11-10-18(26)14-17(23)15-22-24(29)27-28(25(22)30)19-6-3-2-4-7-19/h2-11,14-16H,12-13H2,1H3,(H,27,29)/b22-15-. The van der Waals surface area contributed by atoms with Crippen LogP contribution in [0.2, 0.25) is 5.02 Å². The second kappa shape index (κ2) is 10.1. The number of halogens is 1. The maximum Gasteiger partial charge on any atom is 0.282 e. The molecule has 0 atom stereocenters. The Kier molecular flexibility index (Phi) is 6.80. The summed E-state index contributed by atoms with van der Waals surface area (Å²) in [6.07, 6.45) is 1.48. The minimum Gasteiger partial charge on any atom is -0.497 e. The van der Waals surface area contributed by atoms with Crippen LogP contribution in [0.15, 0.2) is 78.4 Å². The van der Waals surface area contributed by atoms with Crippen molar-refractivity contribution in [1.82, 2.24) is 5.43 Å². The number of anilines is 1. The number of methoxy groups -OCH3 is 1. The van der Waals surface area contributed by atoms with Crippen LogP contribution < -0.4 is 24.6 Å². The molecule has 0 unspecified atom stereocenters. The molecule has 1 saturated heterocycles. The van der Waals surface area contributed by atoms with Crippen molar-refractivity contribution in [2.75, 3.05) is 25.3 Å². The van der Waals surface area contributed by atoms with E-state index in [1.165, 1.54) is 11.1 Å². The number of hydrogen-bond donors (Lipinski definition) is 1. The smallest absolute Gasteiger partial charge is 0.282 e. The number of ether oxygens (including phenoxy) is 3. The van der Waals surface area contributed by atoms with Gasteiger partial charge in [0.15, 0.2) is 0 Å². The second-order valence-corrected chi connectivity index (χ2v) is 7.47. The first-order valence-electron chi connectivity index (χ1n) is 10.2. The molecule has 0 bridgehead atoms. The highest BCUT2D eigenvalue weighted by Crippen LogP contribution is 2.28. The molecule has 3 aromatic rings. The van der Waals surface area contributed by atoms with Crippen LogP contribution in [-0.4, -0.2) is 32.1 Å². The predicted octanol–water partition coefficient (Wildman–Crippen LogP) is 4.27. The van der Waals surface area contributed by atoms with Gasteiger partial charge in [0.05, 0.1) is 12.8 Å². The number of hydrazine groups is 1. The lowest BCUT2D eigenvalue weighted by atomic mass is 10.1. The third-order valence-electron chi connectivity index (χ3n) is 4.83. The van der Waals surface area contributed by atoms with Crippen molar-refractivity contribution in [3.05, 3.63) is 89.0 Å². The molecule has 3 aromatic carbocycles. The lowest BCUT2D eigenvalue weighted by Gasteiger charge is -2.14. The topological polar surface area (TPSA) is 77.1 Å². The molecule has 2 amide bonds. The lowest BCUT2D eigenvalue weighted by molar-refractivity contribution is -0.117. The number of carbonyl (C=O) groups excluding carboxylic acids is 2. The van der Waals surface area contributed by atoms with E-state index in [9.17, 15) is 9.59 Å². The molecule has 7 nitrogen and oxygen atoms in total. The maximum atomic E-state index is 12.9. The van der Waals surface area contributed by atoms with E-state index >= 15 is 0 Å². The minimum atomic E-state index is -0.504. The normalized spacial score (nSPS) is 14.4. The van der Waals surface area contributed by atoms with Crippen molar-refractivity contribution in [2.45, 2.75) is 0 Å². The van der Waals surface area contributed by atoms with Gasteiger partial charge >= 0.3 is 0 Å². The van der Waals surface area contributed by atoms with E-state index in [0.717, 1.165) is 0 Å². The highest BCUT2D eigenvalue weighted by Gasteiger charge is 2.34. The molecule has 0 spiro atoms. The van der Waals surface area contributed by atoms with Gasteiger partial charge in [-0.05, 0) is 48.5 Å². The number of nitrogens with one attached hydrogen (secondary N) is 1. The van der Waals surface area contributed by atoms with Gasteiger partial charge in [-0.25, -0.2) is 5.01 Å². The quantitative estimate of drug-likeness (QED) is 0.306. The monoisotopic (exact) mass is 464 g/mol. The molecule has 1 fully saturated rings. The fraction of sp³-hybridized carbons (Fsp3) is 0.120. The summed E-state index contributed by atoms with van der Waals surface area (Å²) in [5.41, 5.74) is 3.64. The van der Waals surface area contributed by atoms with Gasteiger partial charge in [-0.3, -0.25) is 15.0 Å². The SMILES string of the molecule is COc1cccc(OCCOc2ccc(Cl)cc2/C=C2/C(=O)NN(c3ccccc3)C2=O)c1. The van der Waals surface area contributed by atoms with Crippen LogP contribution in [0.25, 0.3) is 6.08 Å². The number of para-hydroxylation sites is 1. The first-order valence-corrected chi connectivity index (χ1v) is 10.5. The molecular formula is C25H21ClN2O5. The molecule has 0 radical (unpaired) electrons. The van der Waals surface area contributed by atoms with Crippen molar-refractivity contribution in [3.8, 4) is 17.2 Å². The van der Waals surface area contributed by atoms with Gasteiger partial charge in [0.1, 0.15) is 36.0 Å². The Bertz CT molecular complexity index is 1200. The molecule has 1 heterocycles. The number of carbonyl (C=O) groups is 2. The molecule has 0 aliphatic carbocycles. The average Bonchev–Trinajstić information content (AvgIpc) is 3.12. The van der Waals surface area contributed by atoms with E-state index in [0.29, 0.717) is 33.5 Å². The number of amides is 2. The van der Waals surface area contributed by atoms with Gasteiger partial charge in [-0.15, -0.1) is 0 Å². The highest BCUT2D eigenvalue weighted by atomic mass is 35.5. The van der Waals surface area contributed by atoms with Crippen LogP contribution in [0.1, 0.15) is 5.56 Å². The van der Waals surface area contributed by atoms with Crippen LogP contribution in [-0.2, 0) is 9.59 Å². The van der Waals surface area contributed by atoms with Gasteiger partial charge in [0.25, 0.3) is 11.8 Å². The first kappa shape index (κ1) is 22.2. The summed E-state index contributed by atoms with van der Waals surface area (Å²) in [6, 6.07) is 21.1. The molecule has 1 aliphatic heterocycles. The number of hydrogen-bond acceptors (Lipinski definition) is 5. The Morgan fingerprint density at radius 1 is 0.909 bits per heavy atom. The Morgan fingerprint density at radius 3 is 2.45 bits per heavy atom. The zero-order valence-electron chi connectivity index (χ0n) is 17.8. The van der Waals surface area contributed by atoms with Gasteiger partial charge in [-0.2, -0.15) is 0 Å². The molecule has 8 heteroatoms. The Hall–Kier alpha value is -3.97. The molecule has 33 heavy (non-hydrogen) atoms. The van der Waals surface area contributed by atoms with Crippen LogP contribution in [0.3, 0.4) is 0 Å². The van der Waals surface area contributed by atoms with Gasteiger partial charge in [0, 0.05) is 16.7 Å². The van der Waals surface area contributed by atoms with E-state index in [-0.39, 0.29) is 18.8 Å². The van der Waals surface area contributed by atoms with Crippen molar-refractivity contribution < 1.29 is 23.8 Å². The molecule has 1 aliphatic rings. The van der Waals surface area contributed by atoms with Crippen molar-refractivity contribution in [1.29, 1.82) is 0 Å². The summed E-state index contributed by atoms with van der Waals surface area (Å²) in [6.45, 7) is 0.526. The van der Waals surface area contributed by atoms with E-state index in [2.05, 4.69) is 5.43 Å². The molecule has 4 rings (SSSR count). The summed E-state index contributed by atoms with van der Waals surface area (Å²) in [5, 5.41) is 1.66. The van der Waals surface area contributed by atoms with E-state index < -0.39 is 11.8 Å². The third kappa shape index (κ3) is 5.27. The lowest BCUT2D eigenvalue weighted by Crippen LogP contribution is -2.35. The summed E-state index contributed by atoms with van der Waals surface area (Å²) in [7, 11) is 1.59. The maximum absolute atomic E-state index is 12.9. The summed E-state index contributed by atoms with van der Waals surface area (Å²) in [4.78, 5) is 25.3. The summed E-state index contributed by atoms with van der Waals surface area (Å²) >= 11 is 6.15. The highest BCUT2D eigenvalue weighted by molar-refractivity contribution is 6.32. The van der Waals surface area contributed by atoms with Crippen LogP contribution in [0.5, 0.6) is 17.2 Å². The van der Waals surface area contributed by atoms with Gasteiger partial charge in [0.2, 0.25) is 0 Å². The predicted molar refractivity (Wildman–Crippen MR) is 125 cm³/mol. The zero-order chi connectivity index (χ0) is 23.2. The van der Waals surface area contributed by atoms with Crippen molar-refractivity contribution in [3.63, 3.8) is 0 Å². The van der Waals surface area contributed by atoms with Crippen LogP contribution >= 0.6 is 11.6 Å². The number of rotatable bonds is 8. The van der Waals surface area contributed by atoms with Gasteiger partial charge in [-0.1, -0.05) is 35.9 Å². The summed E-state index contributed by atoms with van der Waals surface area (Å²) in [5.74, 6) is 0.865. The molecule has 0 aromatic heterocycles. The summed E-state index contributed by atoms with van der Waals surface area (Å²) < 4.78 is 16.7. The molecule has 1 N–H and O–H groups in total. The van der Waals surface area contributed by atoms with E-state index in [1.807, 2.05) is 24.3 Å². The number of nitrogens with zero attached hydrogens (tertiary/aromatic N) is 1. The van der Waals surface area contributed by atoms with Crippen molar-refractivity contribution >= 4 is 35.2 Å². The molecule has 0 saturated carbocycles. The Morgan fingerprint density at radius 2 is 1.67 bits per heavy atom. The Labute approximate surface area is 196 Å². The minimum absolute atomic E-state index is 0.0152. The van der Waals surface area contributed by atoms with Crippen LogP contribution in [0, 0.1) is 0 Å². The average molecular weight is 465 g/mol. The number of benzene rings is 3. The molecule has 168 valence electrons. The van der Waals surface area contributed by atoms with Gasteiger partial charge < -0.3 is 14.2 Å². The van der Waals surface area contributed by atoms with E-state index in [1.54, 1.807) is 55.6 Å². The van der Waals surface area contributed by atoms with Crippen molar-refractivity contribution in [2.24, 2.45) is 0 Å². The fourth-order valence-electron chi connectivity index (χ4n) is 3.24.